The first-order chi connectivity index (χ1) is 12.1. The van der Waals surface area contributed by atoms with Gasteiger partial charge in [0.2, 0.25) is 11.8 Å². The number of rotatable bonds is 6. The molecule has 3 rings (SSSR count). The van der Waals surface area contributed by atoms with E-state index in [2.05, 4.69) is 28.1 Å². The molecule has 4 amide bonds. The van der Waals surface area contributed by atoms with E-state index < -0.39 is 0 Å². The number of nitrogens with one attached hydrogen (secondary N) is 3. The van der Waals surface area contributed by atoms with E-state index in [4.69, 9.17) is 0 Å². The van der Waals surface area contributed by atoms with Crippen LogP contribution in [0.4, 0.5) is 16.2 Å². The summed E-state index contributed by atoms with van der Waals surface area (Å²) < 4.78 is 0. The smallest absolute Gasteiger partial charge is 0.324 e. The van der Waals surface area contributed by atoms with Crippen LogP contribution in [0.1, 0.15) is 19.3 Å². The van der Waals surface area contributed by atoms with Crippen molar-refractivity contribution < 1.29 is 14.4 Å². The zero-order valence-electron chi connectivity index (χ0n) is 14.0. The van der Waals surface area contributed by atoms with Crippen molar-refractivity contribution in [3.05, 3.63) is 36.4 Å². The van der Waals surface area contributed by atoms with Crippen LogP contribution in [0.3, 0.4) is 0 Å². The van der Waals surface area contributed by atoms with Gasteiger partial charge in [-0.2, -0.15) is 0 Å². The van der Waals surface area contributed by atoms with Crippen LogP contribution in [0.25, 0.3) is 0 Å². The van der Waals surface area contributed by atoms with Crippen LogP contribution in [-0.4, -0.2) is 42.4 Å². The average molecular weight is 342 g/mol. The lowest BCUT2D eigenvalue weighted by Crippen LogP contribution is -2.38. The highest BCUT2D eigenvalue weighted by Gasteiger charge is 2.25. The molecule has 1 atom stereocenters. The Kier molecular flexibility index (Phi) is 5.33. The molecule has 1 aliphatic carbocycles. The van der Waals surface area contributed by atoms with Gasteiger partial charge in [-0.25, -0.2) is 4.79 Å². The highest BCUT2D eigenvalue weighted by molar-refractivity contribution is 5.98. The molecule has 1 aromatic rings. The molecule has 2 aliphatic rings. The molecule has 0 radical (unpaired) electrons. The molecule has 0 aromatic heterocycles. The predicted molar refractivity (Wildman–Crippen MR) is 95.2 cm³/mol. The number of hydrogen-bond acceptors (Lipinski definition) is 4. The van der Waals surface area contributed by atoms with Gasteiger partial charge in [0, 0.05) is 19.5 Å². The summed E-state index contributed by atoms with van der Waals surface area (Å²) in [6, 6.07) is 6.87. The van der Waals surface area contributed by atoms with Gasteiger partial charge in [0.05, 0.1) is 17.9 Å². The van der Waals surface area contributed by atoms with Gasteiger partial charge in [-0.15, -0.1) is 0 Å². The van der Waals surface area contributed by atoms with Gasteiger partial charge >= 0.3 is 6.03 Å². The first-order valence-electron chi connectivity index (χ1n) is 8.51. The van der Waals surface area contributed by atoms with Crippen molar-refractivity contribution in [2.24, 2.45) is 5.92 Å². The molecule has 1 unspecified atom stereocenters. The summed E-state index contributed by atoms with van der Waals surface area (Å²) in [7, 11) is 0. The van der Waals surface area contributed by atoms with Gasteiger partial charge in [-0.05, 0) is 30.9 Å². The number of imide groups is 1. The molecule has 0 spiro atoms. The van der Waals surface area contributed by atoms with Gasteiger partial charge in [-0.3, -0.25) is 14.5 Å². The van der Waals surface area contributed by atoms with E-state index in [0.717, 1.165) is 12.8 Å². The lowest BCUT2D eigenvalue weighted by Gasteiger charge is -2.16. The fourth-order valence-electron chi connectivity index (χ4n) is 3.03. The number of urea groups is 1. The van der Waals surface area contributed by atoms with Gasteiger partial charge in [0.1, 0.15) is 0 Å². The van der Waals surface area contributed by atoms with E-state index in [-0.39, 0.29) is 24.4 Å². The van der Waals surface area contributed by atoms with Crippen molar-refractivity contribution in [3.8, 4) is 0 Å². The summed E-state index contributed by atoms with van der Waals surface area (Å²) >= 11 is 0. The average Bonchev–Trinajstić information content (AvgIpc) is 3.25. The maximum atomic E-state index is 12.2. The van der Waals surface area contributed by atoms with Gasteiger partial charge < -0.3 is 16.0 Å². The minimum atomic E-state index is -0.363. The SMILES string of the molecule is O=C(CC1C=CCC1)Nc1ccccc1NCC(=O)N1CCNC1=O. The number of hydrogen-bond donors (Lipinski definition) is 3. The van der Waals surface area contributed by atoms with E-state index in [1.54, 1.807) is 12.1 Å². The van der Waals surface area contributed by atoms with E-state index in [1.807, 2.05) is 12.1 Å². The second-order valence-electron chi connectivity index (χ2n) is 6.19. The summed E-state index contributed by atoms with van der Waals surface area (Å²) in [5.74, 6) is -0.0429. The summed E-state index contributed by atoms with van der Waals surface area (Å²) in [6.45, 7) is 0.852. The van der Waals surface area contributed by atoms with Crippen LogP contribution < -0.4 is 16.0 Å². The molecule has 25 heavy (non-hydrogen) atoms. The highest BCUT2D eigenvalue weighted by Crippen LogP contribution is 2.24. The van der Waals surface area contributed by atoms with E-state index in [9.17, 15) is 14.4 Å². The molecule has 7 nitrogen and oxygen atoms in total. The summed E-state index contributed by atoms with van der Waals surface area (Å²) in [6.07, 6.45) is 6.69. The fraction of sp³-hybridized carbons (Fsp3) is 0.389. The normalized spacial score (nSPS) is 19.0. The minimum Gasteiger partial charge on any atom is -0.374 e. The molecule has 1 saturated heterocycles. The van der Waals surface area contributed by atoms with Crippen LogP contribution in [0, 0.1) is 5.92 Å². The maximum Gasteiger partial charge on any atom is 0.324 e. The lowest BCUT2D eigenvalue weighted by molar-refractivity contribution is -0.125. The molecular weight excluding hydrogens is 320 g/mol. The largest absolute Gasteiger partial charge is 0.374 e. The number of para-hydroxylation sites is 2. The number of nitrogens with zero attached hydrogens (tertiary/aromatic N) is 1. The molecule has 1 aromatic carbocycles. The number of carbonyl (C=O) groups excluding carboxylic acids is 3. The van der Waals surface area contributed by atoms with E-state index in [0.29, 0.717) is 36.8 Å². The number of amides is 4. The zero-order chi connectivity index (χ0) is 17.6. The Morgan fingerprint density at radius 2 is 2.04 bits per heavy atom. The van der Waals surface area contributed by atoms with Crippen molar-refractivity contribution in [3.63, 3.8) is 0 Å². The maximum absolute atomic E-state index is 12.2. The van der Waals surface area contributed by atoms with Crippen molar-refractivity contribution in [1.29, 1.82) is 0 Å². The second kappa shape index (κ2) is 7.83. The van der Waals surface area contributed by atoms with Crippen LogP contribution >= 0.6 is 0 Å². The van der Waals surface area contributed by atoms with Gasteiger partial charge in [-0.1, -0.05) is 24.3 Å². The van der Waals surface area contributed by atoms with E-state index >= 15 is 0 Å². The first kappa shape index (κ1) is 17.0. The Morgan fingerprint density at radius 3 is 2.72 bits per heavy atom. The number of allylic oxidation sites excluding steroid dienone is 2. The standard InChI is InChI=1S/C18H22N4O3/c23-16(11-13-5-1-2-6-13)21-15-8-4-3-7-14(15)20-12-17(24)22-10-9-19-18(22)25/h1,3-5,7-8,13,20H,2,6,9-12H2,(H,19,25)(H,21,23). The van der Waals surface area contributed by atoms with Crippen molar-refractivity contribution in [2.45, 2.75) is 19.3 Å². The number of anilines is 2. The molecule has 7 heteroatoms. The zero-order valence-corrected chi connectivity index (χ0v) is 14.0. The minimum absolute atomic E-state index is 0.00827. The Bertz CT molecular complexity index is 701. The molecule has 3 N–H and O–H groups in total. The quantitative estimate of drug-likeness (QED) is 0.689. The molecule has 0 bridgehead atoms. The first-order valence-corrected chi connectivity index (χ1v) is 8.51. The van der Waals surface area contributed by atoms with Crippen molar-refractivity contribution >= 4 is 29.2 Å². The fourth-order valence-corrected chi connectivity index (χ4v) is 3.03. The Hall–Kier alpha value is -2.83. The van der Waals surface area contributed by atoms with Crippen LogP contribution in [-0.2, 0) is 9.59 Å². The summed E-state index contributed by atoms with van der Waals surface area (Å²) in [5, 5.41) is 8.51. The Labute approximate surface area is 146 Å². The molecule has 1 aliphatic heterocycles. The Morgan fingerprint density at radius 1 is 1.24 bits per heavy atom. The predicted octanol–water partition coefficient (Wildman–Crippen LogP) is 1.95. The van der Waals surface area contributed by atoms with E-state index in [1.165, 1.54) is 4.90 Å². The third-order valence-electron chi connectivity index (χ3n) is 4.35. The van der Waals surface area contributed by atoms with Crippen molar-refractivity contribution in [2.75, 3.05) is 30.3 Å². The molecule has 0 saturated carbocycles. The van der Waals surface area contributed by atoms with Crippen molar-refractivity contribution in [1.82, 2.24) is 10.2 Å². The number of benzene rings is 1. The second-order valence-corrected chi connectivity index (χ2v) is 6.19. The molecular formula is C18H22N4O3. The molecule has 132 valence electrons. The Balaban J connectivity index is 1.56. The summed E-state index contributed by atoms with van der Waals surface area (Å²) in [4.78, 5) is 37.0. The topological polar surface area (TPSA) is 90.5 Å². The van der Waals surface area contributed by atoms with Gasteiger partial charge in [0.15, 0.2) is 0 Å². The number of carbonyl (C=O) groups is 3. The van der Waals surface area contributed by atoms with Crippen LogP contribution in [0.15, 0.2) is 36.4 Å². The third-order valence-corrected chi connectivity index (χ3v) is 4.35. The lowest BCUT2D eigenvalue weighted by atomic mass is 10.0. The van der Waals surface area contributed by atoms with Crippen LogP contribution in [0.2, 0.25) is 0 Å². The molecule has 1 heterocycles. The van der Waals surface area contributed by atoms with Crippen LogP contribution in [0.5, 0.6) is 0 Å². The molecule has 1 fully saturated rings. The van der Waals surface area contributed by atoms with Gasteiger partial charge in [0.25, 0.3) is 0 Å². The third kappa shape index (κ3) is 4.37. The monoisotopic (exact) mass is 342 g/mol. The summed E-state index contributed by atoms with van der Waals surface area (Å²) in [5.41, 5.74) is 1.29. The highest BCUT2D eigenvalue weighted by atomic mass is 16.2.